The fourth-order valence-corrected chi connectivity index (χ4v) is 3.79. The molecule has 0 aliphatic rings. The molecule has 0 amide bonds. The Balaban J connectivity index is 1.49. The fourth-order valence-electron chi connectivity index (χ4n) is 3.79. The molecule has 0 radical (unpaired) electrons. The molecule has 0 atom stereocenters. The topological polar surface area (TPSA) is 130 Å². The summed E-state index contributed by atoms with van der Waals surface area (Å²) in [7, 11) is 0. The van der Waals surface area contributed by atoms with E-state index in [9.17, 15) is 19.5 Å². The Morgan fingerprint density at radius 3 is 2.61 bits per heavy atom. The fraction of sp³-hybridized carbons (Fsp3) is 0.0417. The van der Waals surface area contributed by atoms with Crippen LogP contribution in [0.15, 0.2) is 82.6 Å². The number of benzene rings is 3. The van der Waals surface area contributed by atoms with E-state index in [0.717, 1.165) is 10.1 Å². The molecule has 5 aromatic rings. The number of carbonyl (C=O) groups is 1. The number of H-pyrrole nitrogens is 1. The van der Waals surface area contributed by atoms with Crippen molar-refractivity contribution in [3.8, 4) is 5.69 Å². The molecule has 0 fully saturated rings. The lowest BCUT2D eigenvalue weighted by Gasteiger charge is -2.11. The van der Waals surface area contributed by atoms with Gasteiger partial charge in [0.1, 0.15) is 12.1 Å². The number of aromatic nitrogens is 4. The van der Waals surface area contributed by atoms with Crippen LogP contribution in [-0.2, 0) is 6.54 Å². The summed E-state index contributed by atoms with van der Waals surface area (Å²) in [5.74, 6) is -0.585. The number of fused-ring (bicyclic) bond motifs is 2. The summed E-state index contributed by atoms with van der Waals surface area (Å²) < 4.78 is 1.10. The van der Waals surface area contributed by atoms with Crippen molar-refractivity contribution in [1.82, 2.24) is 19.5 Å². The van der Waals surface area contributed by atoms with Crippen LogP contribution in [0.5, 0.6) is 0 Å². The van der Waals surface area contributed by atoms with Crippen molar-refractivity contribution in [3.05, 3.63) is 105 Å². The van der Waals surface area contributed by atoms with E-state index in [1.54, 1.807) is 54.6 Å². The van der Waals surface area contributed by atoms with E-state index in [4.69, 9.17) is 0 Å². The lowest BCUT2D eigenvalue weighted by Crippen LogP contribution is -2.33. The van der Waals surface area contributed by atoms with Crippen LogP contribution in [-0.4, -0.2) is 30.6 Å². The zero-order valence-corrected chi connectivity index (χ0v) is 17.1. The van der Waals surface area contributed by atoms with Crippen molar-refractivity contribution in [3.63, 3.8) is 0 Å². The third-order valence-electron chi connectivity index (χ3n) is 5.33. The van der Waals surface area contributed by atoms with E-state index in [1.165, 1.54) is 12.4 Å². The van der Waals surface area contributed by atoms with Gasteiger partial charge in [-0.3, -0.25) is 4.79 Å². The van der Waals surface area contributed by atoms with E-state index < -0.39 is 17.2 Å². The summed E-state index contributed by atoms with van der Waals surface area (Å²) >= 11 is 0. The van der Waals surface area contributed by atoms with Crippen LogP contribution in [0.4, 0.5) is 5.82 Å². The zero-order chi connectivity index (χ0) is 22.9. The highest BCUT2D eigenvalue weighted by Gasteiger charge is 2.13. The molecule has 0 aliphatic heterocycles. The summed E-state index contributed by atoms with van der Waals surface area (Å²) in [6, 6.07) is 18.8. The Morgan fingerprint density at radius 1 is 0.970 bits per heavy atom. The van der Waals surface area contributed by atoms with Gasteiger partial charge in [-0.25, -0.2) is 24.1 Å². The highest BCUT2D eigenvalue weighted by molar-refractivity contribution is 6.04. The smallest absolute Gasteiger partial charge is 0.337 e. The van der Waals surface area contributed by atoms with E-state index >= 15 is 0 Å². The maximum Gasteiger partial charge on any atom is 0.337 e. The van der Waals surface area contributed by atoms with Gasteiger partial charge >= 0.3 is 11.7 Å². The minimum atomic E-state index is -1.07. The molecule has 33 heavy (non-hydrogen) atoms. The van der Waals surface area contributed by atoms with Crippen molar-refractivity contribution >= 4 is 33.6 Å². The predicted octanol–water partition coefficient (Wildman–Crippen LogP) is 2.93. The molecule has 0 aliphatic carbocycles. The molecule has 9 nitrogen and oxygen atoms in total. The largest absolute Gasteiger partial charge is 0.478 e. The second-order valence-corrected chi connectivity index (χ2v) is 7.37. The molecule has 0 bridgehead atoms. The minimum absolute atomic E-state index is 0.0925. The van der Waals surface area contributed by atoms with Gasteiger partial charge in [0.2, 0.25) is 0 Å². The van der Waals surface area contributed by atoms with Gasteiger partial charge in [0.25, 0.3) is 5.56 Å². The Kier molecular flexibility index (Phi) is 4.91. The number of anilines is 1. The Hall–Kier alpha value is -4.79. The molecule has 2 aromatic heterocycles. The quantitative estimate of drug-likeness (QED) is 0.384. The van der Waals surface area contributed by atoms with E-state index in [0.29, 0.717) is 39.9 Å². The minimum Gasteiger partial charge on any atom is -0.478 e. The number of nitrogens with one attached hydrogen (secondary N) is 2. The van der Waals surface area contributed by atoms with Crippen LogP contribution in [0.3, 0.4) is 0 Å². The number of carboxylic acid groups (broad SMARTS) is 1. The van der Waals surface area contributed by atoms with Crippen molar-refractivity contribution in [2.24, 2.45) is 0 Å². The number of nitrogens with zero attached hydrogens (tertiary/aromatic N) is 3. The monoisotopic (exact) mass is 439 g/mol. The average Bonchev–Trinajstić information content (AvgIpc) is 2.82. The highest BCUT2D eigenvalue weighted by atomic mass is 16.4. The van der Waals surface area contributed by atoms with Gasteiger partial charge in [-0.05, 0) is 42.0 Å². The van der Waals surface area contributed by atoms with Gasteiger partial charge in [-0.2, -0.15) is 0 Å². The third-order valence-corrected chi connectivity index (χ3v) is 5.33. The first-order valence-electron chi connectivity index (χ1n) is 10.1. The predicted molar refractivity (Wildman–Crippen MR) is 124 cm³/mol. The van der Waals surface area contributed by atoms with Crippen LogP contribution < -0.4 is 16.6 Å². The molecule has 162 valence electrons. The second-order valence-electron chi connectivity index (χ2n) is 7.37. The third kappa shape index (κ3) is 3.61. The molecule has 3 N–H and O–H groups in total. The SMILES string of the molecule is O=C(O)c1cccc2c(NCc3cccc(-n4c(=O)[nH]c5ccccc5c4=O)c3)ncnc12. The van der Waals surface area contributed by atoms with E-state index in [1.807, 2.05) is 6.07 Å². The molecule has 0 saturated carbocycles. The van der Waals surface area contributed by atoms with Crippen LogP contribution in [0.2, 0.25) is 0 Å². The molecule has 0 spiro atoms. The summed E-state index contributed by atoms with van der Waals surface area (Å²) in [4.78, 5) is 48.1. The summed E-state index contributed by atoms with van der Waals surface area (Å²) in [6.45, 7) is 0.331. The van der Waals surface area contributed by atoms with E-state index in [-0.39, 0.29) is 5.56 Å². The Labute approximate surface area is 186 Å². The summed E-state index contributed by atoms with van der Waals surface area (Å²) in [5.41, 5.74) is 1.23. The van der Waals surface area contributed by atoms with Crippen LogP contribution in [0.1, 0.15) is 15.9 Å². The maximum atomic E-state index is 12.9. The number of aromatic carboxylic acids is 1. The van der Waals surface area contributed by atoms with Gasteiger partial charge in [-0.15, -0.1) is 0 Å². The van der Waals surface area contributed by atoms with Crippen LogP contribution in [0, 0.1) is 0 Å². The lowest BCUT2D eigenvalue weighted by atomic mass is 10.1. The van der Waals surface area contributed by atoms with Gasteiger partial charge in [-0.1, -0.05) is 30.3 Å². The molecule has 2 heterocycles. The first-order chi connectivity index (χ1) is 16.0. The lowest BCUT2D eigenvalue weighted by molar-refractivity contribution is 0.0699. The van der Waals surface area contributed by atoms with Gasteiger partial charge in [0.15, 0.2) is 0 Å². The maximum absolute atomic E-state index is 12.9. The average molecular weight is 439 g/mol. The van der Waals surface area contributed by atoms with Gasteiger partial charge in [0.05, 0.1) is 27.7 Å². The van der Waals surface area contributed by atoms with Crippen molar-refractivity contribution in [1.29, 1.82) is 0 Å². The second kappa shape index (κ2) is 8.04. The molecular weight excluding hydrogens is 422 g/mol. The normalized spacial score (nSPS) is 11.0. The van der Waals surface area contributed by atoms with Gasteiger partial charge < -0.3 is 15.4 Å². The molecule has 5 rings (SSSR count). The number of para-hydroxylation sites is 2. The summed E-state index contributed by atoms with van der Waals surface area (Å²) in [6.07, 6.45) is 1.31. The van der Waals surface area contributed by atoms with Crippen LogP contribution >= 0.6 is 0 Å². The van der Waals surface area contributed by atoms with Crippen molar-refractivity contribution in [2.45, 2.75) is 6.54 Å². The van der Waals surface area contributed by atoms with Crippen molar-refractivity contribution in [2.75, 3.05) is 5.32 Å². The number of hydrogen-bond donors (Lipinski definition) is 3. The molecule has 9 heteroatoms. The highest BCUT2D eigenvalue weighted by Crippen LogP contribution is 2.23. The molecule has 0 unspecified atom stereocenters. The molecule has 0 saturated heterocycles. The number of rotatable bonds is 5. The van der Waals surface area contributed by atoms with Crippen molar-refractivity contribution < 1.29 is 9.90 Å². The number of carboxylic acids is 1. The molecule has 3 aromatic carbocycles. The van der Waals surface area contributed by atoms with E-state index in [2.05, 4.69) is 20.3 Å². The van der Waals surface area contributed by atoms with Crippen LogP contribution in [0.25, 0.3) is 27.5 Å². The van der Waals surface area contributed by atoms with Gasteiger partial charge in [0, 0.05) is 11.9 Å². The first-order valence-corrected chi connectivity index (χ1v) is 10.1. The summed E-state index contributed by atoms with van der Waals surface area (Å²) in [5, 5.41) is 13.6. The standard InChI is InChI=1S/C24H17N5O4/c30-22-16-7-1-2-10-19(16)28-24(33)29(22)15-6-3-5-14(11-15)12-25-21-17-8-4-9-18(23(31)32)20(17)26-13-27-21/h1-11,13H,12H2,(H,28,33)(H,31,32)(H,25,26,27). The molecular formula is C24H17N5O4. The number of hydrogen-bond acceptors (Lipinski definition) is 6. The number of aromatic amines is 1. The zero-order valence-electron chi connectivity index (χ0n) is 17.1. The Morgan fingerprint density at radius 2 is 1.76 bits per heavy atom. The first kappa shape index (κ1) is 20.1. The Bertz CT molecular complexity index is 1660.